The number of aryl methyl sites for hydroxylation is 1. The normalized spacial score (nSPS) is 10.8. The fourth-order valence-electron chi connectivity index (χ4n) is 0.847. The standard InChI is InChI=1S/C8H8ClF2N/c1-5-4-12-7(8(10)11)2-6(5)3-9/h2,4,8H,3H2,1H3. The number of nitrogens with zero attached hydrogens (tertiary/aromatic N) is 1. The van der Waals surface area contributed by atoms with Gasteiger partial charge in [-0.3, -0.25) is 4.98 Å². The van der Waals surface area contributed by atoms with Gasteiger partial charge in [0, 0.05) is 12.1 Å². The summed E-state index contributed by atoms with van der Waals surface area (Å²) < 4.78 is 24.2. The van der Waals surface area contributed by atoms with Crippen molar-refractivity contribution >= 4 is 11.6 Å². The largest absolute Gasteiger partial charge is 0.280 e. The van der Waals surface area contributed by atoms with Crippen molar-refractivity contribution in [3.8, 4) is 0 Å². The van der Waals surface area contributed by atoms with Crippen LogP contribution in [0.1, 0.15) is 23.2 Å². The molecule has 0 unspecified atom stereocenters. The highest BCUT2D eigenvalue weighted by atomic mass is 35.5. The maximum Gasteiger partial charge on any atom is 0.280 e. The lowest BCUT2D eigenvalue weighted by atomic mass is 10.1. The molecule has 1 nitrogen and oxygen atoms in total. The Morgan fingerprint density at radius 1 is 1.58 bits per heavy atom. The molecule has 0 aliphatic rings. The van der Waals surface area contributed by atoms with E-state index in [4.69, 9.17) is 11.6 Å². The van der Waals surface area contributed by atoms with Crippen LogP contribution in [-0.2, 0) is 5.88 Å². The lowest BCUT2D eigenvalue weighted by Gasteiger charge is -2.03. The van der Waals surface area contributed by atoms with Crippen LogP contribution in [0.2, 0.25) is 0 Å². The third-order valence-corrected chi connectivity index (χ3v) is 1.89. The molecule has 1 heterocycles. The smallest absolute Gasteiger partial charge is 0.255 e. The summed E-state index contributed by atoms with van der Waals surface area (Å²) in [6.07, 6.45) is -1.10. The van der Waals surface area contributed by atoms with Crippen molar-refractivity contribution in [3.05, 3.63) is 29.1 Å². The highest BCUT2D eigenvalue weighted by Gasteiger charge is 2.09. The number of rotatable bonds is 2. The van der Waals surface area contributed by atoms with Crippen molar-refractivity contribution < 1.29 is 8.78 Å². The molecule has 12 heavy (non-hydrogen) atoms. The van der Waals surface area contributed by atoms with Gasteiger partial charge < -0.3 is 0 Å². The minimum absolute atomic E-state index is 0.212. The van der Waals surface area contributed by atoms with Crippen LogP contribution in [-0.4, -0.2) is 4.98 Å². The molecule has 0 spiro atoms. The molecule has 0 saturated heterocycles. The quantitative estimate of drug-likeness (QED) is 0.655. The maximum absolute atomic E-state index is 12.1. The molecule has 1 aromatic heterocycles. The molecule has 1 rings (SSSR count). The summed E-state index contributed by atoms with van der Waals surface area (Å²) in [4.78, 5) is 3.58. The third kappa shape index (κ3) is 1.91. The van der Waals surface area contributed by atoms with Crippen LogP contribution < -0.4 is 0 Å². The van der Waals surface area contributed by atoms with Gasteiger partial charge >= 0.3 is 0 Å². The van der Waals surface area contributed by atoms with E-state index in [2.05, 4.69) is 4.98 Å². The monoisotopic (exact) mass is 191 g/mol. The summed E-state index contributed by atoms with van der Waals surface area (Å²) in [5.41, 5.74) is 1.34. The topological polar surface area (TPSA) is 12.9 Å². The third-order valence-electron chi connectivity index (χ3n) is 1.60. The van der Waals surface area contributed by atoms with E-state index in [-0.39, 0.29) is 11.6 Å². The van der Waals surface area contributed by atoms with E-state index < -0.39 is 6.43 Å². The average molecular weight is 192 g/mol. The number of halogens is 3. The van der Waals surface area contributed by atoms with Crippen molar-refractivity contribution in [2.45, 2.75) is 19.2 Å². The fourth-order valence-corrected chi connectivity index (χ4v) is 1.14. The first kappa shape index (κ1) is 9.39. The van der Waals surface area contributed by atoms with Crippen LogP contribution in [0.25, 0.3) is 0 Å². The number of alkyl halides is 3. The molecular weight excluding hydrogens is 184 g/mol. The summed E-state index contributed by atoms with van der Waals surface area (Å²) in [6.45, 7) is 1.79. The van der Waals surface area contributed by atoms with E-state index in [0.29, 0.717) is 5.56 Å². The molecule has 66 valence electrons. The van der Waals surface area contributed by atoms with Crippen molar-refractivity contribution in [1.29, 1.82) is 0 Å². The molecule has 0 aromatic carbocycles. The highest BCUT2D eigenvalue weighted by Crippen LogP contribution is 2.19. The second-order valence-electron chi connectivity index (χ2n) is 2.47. The Bertz CT molecular complexity index is 276. The van der Waals surface area contributed by atoms with Gasteiger partial charge in [0.1, 0.15) is 5.69 Å². The van der Waals surface area contributed by atoms with Crippen LogP contribution in [0.15, 0.2) is 12.3 Å². The van der Waals surface area contributed by atoms with E-state index in [1.807, 2.05) is 0 Å². The van der Waals surface area contributed by atoms with Crippen LogP contribution >= 0.6 is 11.6 Å². The molecule has 0 amide bonds. The fraction of sp³-hybridized carbons (Fsp3) is 0.375. The molecule has 0 saturated carbocycles. The van der Waals surface area contributed by atoms with E-state index in [9.17, 15) is 8.78 Å². The Kier molecular flexibility index (Phi) is 2.98. The number of hydrogen-bond acceptors (Lipinski definition) is 1. The zero-order valence-corrected chi connectivity index (χ0v) is 7.28. The molecular formula is C8H8ClF2N. The zero-order chi connectivity index (χ0) is 9.14. The lowest BCUT2D eigenvalue weighted by Crippen LogP contribution is -1.94. The van der Waals surface area contributed by atoms with Gasteiger partial charge in [-0.1, -0.05) is 0 Å². The van der Waals surface area contributed by atoms with Gasteiger partial charge in [-0.05, 0) is 24.1 Å². The molecule has 0 aliphatic carbocycles. The molecule has 1 aromatic rings. The number of hydrogen-bond donors (Lipinski definition) is 0. The first-order valence-electron chi connectivity index (χ1n) is 3.44. The van der Waals surface area contributed by atoms with E-state index >= 15 is 0 Å². The number of pyridine rings is 1. The Balaban J connectivity index is 3.05. The van der Waals surface area contributed by atoms with Gasteiger partial charge in [-0.2, -0.15) is 0 Å². The van der Waals surface area contributed by atoms with E-state index in [1.54, 1.807) is 6.92 Å². The van der Waals surface area contributed by atoms with Gasteiger partial charge in [0.05, 0.1) is 0 Å². The summed E-state index contributed by atoms with van der Waals surface area (Å²) in [7, 11) is 0. The maximum atomic E-state index is 12.1. The van der Waals surface area contributed by atoms with Gasteiger partial charge in [-0.25, -0.2) is 8.78 Å². The first-order chi connectivity index (χ1) is 5.65. The summed E-state index contributed by atoms with van der Waals surface area (Å²) in [5.74, 6) is 0.244. The summed E-state index contributed by atoms with van der Waals surface area (Å²) in [6, 6.07) is 1.34. The number of aromatic nitrogens is 1. The van der Waals surface area contributed by atoms with Gasteiger partial charge in [0.2, 0.25) is 0 Å². The second-order valence-corrected chi connectivity index (χ2v) is 2.74. The van der Waals surface area contributed by atoms with Crippen molar-refractivity contribution in [3.63, 3.8) is 0 Å². The van der Waals surface area contributed by atoms with Gasteiger partial charge in [0.15, 0.2) is 0 Å². The van der Waals surface area contributed by atoms with Crippen LogP contribution in [0.3, 0.4) is 0 Å². The Labute approximate surface area is 74.4 Å². The van der Waals surface area contributed by atoms with Crippen LogP contribution in [0.4, 0.5) is 8.78 Å². The Morgan fingerprint density at radius 3 is 2.75 bits per heavy atom. The van der Waals surface area contributed by atoms with E-state index in [1.165, 1.54) is 12.3 Å². The predicted octanol–water partition coefficient (Wildman–Crippen LogP) is 3.07. The highest BCUT2D eigenvalue weighted by molar-refractivity contribution is 6.17. The second kappa shape index (κ2) is 3.81. The van der Waals surface area contributed by atoms with Crippen molar-refractivity contribution in [2.24, 2.45) is 0 Å². The SMILES string of the molecule is Cc1cnc(C(F)F)cc1CCl. The first-order valence-corrected chi connectivity index (χ1v) is 3.98. The minimum atomic E-state index is -2.52. The van der Waals surface area contributed by atoms with Crippen LogP contribution in [0.5, 0.6) is 0 Å². The predicted molar refractivity (Wildman–Crippen MR) is 43.5 cm³/mol. The Morgan fingerprint density at radius 2 is 2.25 bits per heavy atom. The Hall–Kier alpha value is -0.700. The van der Waals surface area contributed by atoms with Crippen molar-refractivity contribution in [2.75, 3.05) is 0 Å². The van der Waals surface area contributed by atoms with Gasteiger partial charge in [0.25, 0.3) is 6.43 Å². The van der Waals surface area contributed by atoms with Gasteiger partial charge in [-0.15, -0.1) is 11.6 Å². The zero-order valence-electron chi connectivity index (χ0n) is 6.52. The summed E-state index contributed by atoms with van der Waals surface area (Å²) >= 11 is 5.54. The van der Waals surface area contributed by atoms with Crippen molar-refractivity contribution in [1.82, 2.24) is 4.98 Å². The van der Waals surface area contributed by atoms with E-state index in [0.717, 1.165) is 5.56 Å². The molecule has 0 bridgehead atoms. The lowest BCUT2D eigenvalue weighted by molar-refractivity contribution is 0.146. The summed E-state index contributed by atoms with van der Waals surface area (Å²) in [5, 5.41) is 0. The van der Waals surface area contributed by atoms with Crippen LogP contribution in [0, 0.1) is 6.92 Å². The average Bonchev–Trinajstić information content (AvgIpc) is 2.05. The molecule has 0 N–H and O–H groups in total. The molecule has 0 fully saturated rings. The molecule has 4 heteroatoms. The minimum Gasteiger partial charge on any atom is -0.255 e. The molecule has 0 radical (unpaired) electrons. The molecule has 0 atom stereocenters. The molecule has 0 aliphatic heterocycles.